The highest BCUT2D eigenvalue weighted by molar-refractivity contribution is 5.98. The van der Waals surface area contributed by atoms with E-state index in [4.69, 9.17) is 0 Å². The SMILES string of the molecule is Cc1cc(N2CCC(N3CCC(C)C(O)C3)C2=O)n(C)n1. The van der Waals surface area contributed by atoms with E-state index in [-0.39, 0.29) is 18.1 Å². The molecule has 0 bridgehead atoms. The number of aliphatic hydroxyl groups excluding tert-OH is 1. The summed E-state index contributed by atoms with van der Waals surface area (Å²) in [4.78, 5) is 16.7. The maximum Gasteiger partial charge on any atom is 0.245 e. The first-order valence-corrected chi connectivity index (χ1v) is 7.71. The highest BCUT2D eigenvalue weighted by Gasteiger charge is 2.40. The van der Waals surface area contributed by atoms with Crippen LogP contribution in [-0.4, -0.2) is 57.5 Å². The summed E-state index contributed by atoms with van der Waals surface area (Å²) in [6.07, 6.45) is 1.46. The number of hydrogen-bond acceptors (Lipinski definition) is 4. The molecule has 116 valence electrons. The Morgan fingerprint density at radius 2 is 2.10 bits per heavy atom. The number of piperidine rings is 1. The molecule has 2 aliphatic rings. The minimum Gasteiger partial charge on any atom is -0.392 e. The Kier molecular flexibility index (Phi) is 3.75. The van der Waals surface area contributed by atoms with E-state index < -0.39 is 0 Å². The minimum atomic E-state index is -0.320. The fourth-order valence-electron chi connectivity index (χ4n) is 3.44. The van der Waals surface area contributed by atoms with Gasteiger partial charge in [-0.2, -0.15) is 5.10 Å². The molecule has 3 rings (SSSR count). The van der Waals surface area contributed by atoms with Crippen molar-refractivity contribution in [1.82, 2.24) is 14.7 Å². The molecular formula is C15H24N4O2. The first-order chi connectivity index (χ1) is 9.97. The summed E-state index contributed by atoms with van der Waals surface area (Å²) in [6.45, 7) is 6.24. The Morgan fingerprint density at radius 3 is 2.71 bits per heavy atom. The Hall–Kier alpha value is -1.40. The van der Waals surface area contributed by atoms with Crippen LogP contribution in [0.4, 0.5) is 5.82 Å². The van der Waals surface area contributed by atoms with Crippen LogP contribution in [-0.2, 0) is 11.8 Å². The fraction of sp³-hybridized carbons (Fsp3) is 0.733. The van der Waals surface area contributed by atoms with Gasteiger partial charge < -0.3 is 5.11 Å². The number of anilines is 1. The predicted molar refractivity (Wildman–Crippen MR) is 80.1 cm³/mol. The third-order valence-electron chi connectivity index (χ3n) is 4.82. The van der Waals surface area contributed by atoms with Gasteiger partial charge in [0.15, 0.2) is 0 Å². The van der Waals surface area contributed by atoms with Gasteiger partial charge in [-0.25, -0.2) is 0 Å². The van der Waals surface area contributed by atoms with Crippen LogP contribution in [0.2, 0.25) is 0 Å². The van der Waals surface area contributed by atoms with Gasteiger partial charge in [0.25, 0.3) is 0 Å². The summed E-state index contributed by atoms with van der Waals surface area (Å²) >= 11 is 0. The van der Waals surface area contributed by atoms with Crippen LogP contribution >= 0.6 is 0 Å². The number of carbonyl (C=O) groups excluding carboxylic acids is 1. The zero-order valence-electron chi connectivity index (χ0n) is 13.0. The van der Waals surface area contributed by atoms with Gasteiger partial charge in [0.2, 0.25) is 5.91 Å². The molecule has 0 aromatic carbocycles. The highest BCUT2D eigenvalue weighted by atomic mass is 16.3. The zero-order valence-corrected chi connectivity index (χ0v) is 13.0. The van der Waals surface area contributed by atoms with Gasteiger partial charge in [-0.15, -0.1) is 0 Å². The zero-order chi connectivity index (χ0) is 15.1. The van der Waals surface area contributed by atoms with Crippen LogP contribution in [0, 0.1) is 12.8 Å². The number of hydrogen-bond donors (Lipinski definition) is 1. The molecule has 0 saturated carbocycles. The third kappa shape index (κ3) is 2.58. The first kappa shape index (κ1) is 14.5. The molecule has 1 aromatic rings. The van der Waals surface area contributed by atoms with Gasteiger partial charge in [0.05, 0.1) is 17.8 Å². The van der Waals surface area contributed by atoms with E-state index in [9.17, 15) is 9.90 Å². The monoisotopic (exact) mass is 292 g/mol. The lowest BCUT2D eigenvalue weighted by Crippen LogP contribution is -2.50. The number of aromatic nitrogens is 2. The summed E-state index contributed by atoms with van der Waals surface area (Å²) in [5, 5.41) is 14.4. The molecule has 2 fully saturated rings. The largest absolute Gasteiger partial charge is 0.392 e. The average molecular weight is 292 g/mol. The number of amides is 1. The molecular weight excluding hydrogens is 268 g/mol. The third-order valence-corrected chi connectivity index (χ3v) is 4.82. The van der Waals surface area contributed by atoms with E-state index in [1.165, 1.54) is 0 Å². The van der Waals surface area contributed by atoms with Crippen LogP contribution in [0.3, 0.4) is 0 Å². The lowest BCUT2D eigenvalue weighted by atomic mass is 9.94. The molecule has 1 amide bonds. The normalized spacial score (nSPS) is 31.1. The number of rotatable bonds is 2. The van der Waals surface area contributed by atoms with Crippen LogP contribution in [0.5, 0.6) is 0 Å². The quantitative estimate of drug-likeness (QED) is 0.864. The van der Waals surface area contributed by atoms with Crippen LogP contribution < -0.4 is 4.90 Å². The number of carbonyl (C=O) groups is 1. The van der Waals surface area contributed by atoms with Crippen LogP contribution in [0.1, 0.15) is 25.5 Å². The van der Waals surface area contributed by atoms with E-state index in [2.05, 4.69) is 16.9 Å². The summed E-state index contributed by atoms with van der Waals surface area (Å²) in [5.41, 5.74) is 0.922. The van der Waals surface area contributed by atoms with Crippen molar-refractivity contribution in [2.45, 2.75) is 38.8 Å². The van der Waals surface area contributed by atoms with Crippen molar-refractivity contribution in [2.75, 3.05) is 24.5 Å². The molecule has 6 heteroatoms. The van der Waals surface area contributed by atoms with Crippen molar-refractivity contribution >= 4 is 11.7 Å². The topological polar surface area (TPSA) is 61.6 Å². The van der Waals surface area contributed by atoms with Crippen molar-refractivity contribution < 1.29 is 9.90 Å². The molecule has 3 atom stereocenters. The van der Waals surface area contributed by atoms with Gasteiger partial charge in [0, 0.05) is 26.2 Å². The maximum atomic E-state index is 12.7. The average Bonchev–Trinajstić information content (AvgIpc) is 2.95. The molecule has 1 aromatic heterocycles. The Balaban J connectivity index is 1.73. The Morgan fingerprint density at radius 1 is 1.33 bits per heavy atom. The molecule has 0 radical (unpaired) electrons. The molecule has 0 spiro atoms. The van der Waals surface area contributed by atoms with Crippen molar-refractivity contribution in [3.63, 3.8) is 0 Å². The predicted octanol–water partition coefficient (Wildman–Crippen LogP) is 0.537. The molecule has 1 N–H and O–H groups in total. The lowest BCUT2D eigenvalue weighted by Gasteiger charge is -2.37. The molecule has 3 unspecified atom stereocenters. The standard InChI is InChI=1S/C15H24N4O2/c1-10-4-6-18(9-13(10)20)12-5-7-19(15(12)21)14-8-11(2)16-17(14)3/h8,10,12-13,20H,4-7,9H2,1-3H3. The van der Waals surface area contributed by atoms with E-state index >= 15 is 0 Å². The fourth-order valence-corrected chi connectivity index (χ4v) is 3.44. The Bertz CT molecular complexity index is 542. The van der Waals surface area contributed by atoms with Crippen molar-refractivity contribution in [3.05, 3.63) is 11.8 Å². The molecule has 21 heavy (non-hydrogen) atoms. The van der Waals surface area contributed by atoms with E-state index in [1.54, 1.807) is 4.68 Å². The van der Waals surface area contributed by atoms with Crippen LogP contribution in [0.15, 0.2) is 6.07 Å². The second-order valence-electron chi connectivity index (χ2n) is 6.39. The van der Waals surface area contributed by atoms with Crippen molar-refractivity contribution in [2.24, 2.45) is 13.0 Å². The van der Waals surface area contributed by atoms with Gasteiger partial charge in [-0.1, -0.05) is 6.92 Å². The molecule has 2 aliphatic heterocycles. The van der Waals surface area contributed by atoms with E-state index in [1.807, 2.05) is 24.9 Å². The highest BCUT2D eigenvalue weighted by Crippen LogP contribution is 2.27. The molecule has 6 nitrogen and oxygen atoms in total. The maximum absolute atomic E-state index is 12.7. The summed E-state index contributed by atoms with van der Waals surface area (Å²) in [7, 11) is 1.87. The second kappa shape index (κ2) is 5.42. The van der Waals surface area contributed by atoms with Gasteiger partial charge in [0.1, 0.15) is 5.82 Å². The first-order valence-electron chi connectivity index (χ1n) is 7.71. The number of aryl methyl sites for hydroxylation is 2. The smallest absolute Gasteiger partial charge is 0.245 e. The number of likely N-dealkylation sites (tertiary alicyclic amines) is 1. The number of aliphatic hydroxyl groups is 1. The molecule has 0 aliphatic carbocycles. The van der Waals surface area contributed by atoms with Crippen molar-refractivity contribution in [3.8, 4) is 0 Å². The van der Waals surface area contributed by atoms with Crippen LogP contribution in [0.25, 0.3) is 0 Å². The second-order valence-corrected chi connectivity index (χ2v) is 6.39. The van der Waals surface area contributed by atoms with Gasteiger partial charge in [-0.05, 0) is 32.2 Å². The molecule has 3 heterocycles. The summed E-state index contributed by atoms with van der Waals surface area (Å²) in [5.74, 6) is 1.33. The Labute approximate surface area is 125 Å². The minimum absolute atomic E-state index is 0.0950. The lowest BCUT2D eigenvalue weighted by molar-refractivity contribution is -0.123. The van der Waals surface area contributed by atoms with E-state index in [0.29, 0.717) is 12.5 Å². The van der Waals surface area contributed by atoms with E-state index in [0.717, 1.165) is 37.4 Å². The molecule has 2 saturated heterocycles. The number of nitrogens with zero attached hydrogens (tertiary/aromatic N) is 4. The van der Waals surface area contributed by atoms with Gasteiger partial charge >= 0.3 is 0 Å². The van der Waals surface area contributed by atoms with Gasteiger partial charge in [-0.3, -0.25) is 19.3 Å². The van der Waals surface area contributed by atoms with Crippen molar-refractivity contribution in [1.29, 1.82) is 0 Å². The summed E-state index contributed by atoms with van der Waals surface area (Å²) in [6, 6.07) is 1.86. The summed E-state index contributed by atoms with van der Waals surface area (Å²) < 4.78 is 1.77. The number of β-amino-alcohol motifs (C(OH)–C–C–N with tert-alkyl or cyclic N) is 1.